The van der Waals surface area contributed by atoms with Gasteiger partial charge in [-0.1, -0.05) is 18.2 Å². The molecule has 1 aromatic rings. The Kier molecular flexibility index (Phi) is 3.16. The van der Waals surface area contributed by atoms with Gasteiger partial charge in [-0.25, -0.2) is 0 Å². The number of carbonyl (C=O) groups is 1. The standard InChI is InChI=1S/C9H8O4S/c10-7-9-3-1-2-8(6-9)4-5-14(11,12)13/h1-7H,(H,11,12,13). The molecule has 0 aromatic heterocycles. The first-order valence-corrected chi connectivity index (χ1v) is 5.22. The molecule has 0 aliphatic heterocycles. The van der Waals surface area contributed by atoms with Crippen LogP contribution < -0.4 is 0 Å². The van der Waals surface area contributed by atoms with Gasteiger partial charge in [-0.15, -0.1) is 0 Å². The lowest BCUT2D eigenvalue weighted by Crippen LogP contribution is -1.89. The van der Waals surface area contributed by atoms with Gasteiger partial charge in [0.25, 0.3) is 10.1 Å². The van der Waals surface area contributed by atoms with Crippen molar-refractivity contribution in [3.05, 3.63) is 40.8 Å². The smallest absolute Gasteiger partial charge is 0.287 e. The highest BCUT2D eigenvalue weighted by atomic mass is 32.2. The molecule has 4 nitrogen and oxygen atoms in total. The lowest BCUT2D eigenvalue weighted by Gasteiger charge is -1.93. The largest absolute Gasteiger partial charge is 0.298 e. The fraction of sp³-hybridized carbons (Fsp3) is 0. The predicted molar refractivity (Wildman–Crippen MR) is 52.4 cm³/mol. The van der Waals surface area contributed by atoms with E-state index in [9.17, 15) is 13.2 Å². The molecule has 0 aliphatic rings. The van der Waals surface area contributed by atoms with Crippen LogP contribution in [0, 0.1) is 0 Å². The van der Waals surface area contributed by atoms with Gasteiger partial charge in [-0.3, -0.25) is 9.35 Å². The second-order valence-electron chi connectivity index (χ2n) is 2.61. The van der Waals surface area contributed by atoms with Crippen LogP contribution >= 0.6 is 0 Å². The number of benzene rings is 1. The number of rotatable bonds is 3. The van der Waals surface area contributed by atoms with E-state index in [2.05, 4.69) is 0 Å². The van der Waals surface area contributed by atoms with Crippen LogP contribution in [0.3, 0.4) is 0 Å². The summed E-state index contributed by atoms with van der Waals surface area (Å²) in [6.45, 7) is 0. The van der Waals surface area contributed by atoms with E-state index in [1.54, 1.807) is 18.2 Å². The molecule has 0 saturated carbocycles. The SMILES string of the molecule is O=Cc1cccc(C=CS(=O)(=O)O)c1. The van der Waals surface area contributed by atoms with Crippen molar-refractivity contribution >= 4 is 22.5 Å². The predicted octanol–water partition coefficient (Wildman–Crippen LogP) is 1.36. The van der Waals surface area contributed by atoms with Crippen LogP contribution in [-0.4, -0.2) is 19.3 Å². The van der Waals surface area contributed by atoms with Gasteiger partial charge in [0.15, 0.2) is 0 Å². The summed E-state index contributed by atoms with van der Waals surface area (Å²) in [4.78, 5) is 10.4. The van der Waals surface area contributed by atoms with Gasteiger partial charge in [0, 0.05) is 5.56 Å². The molecule has 1 aromatic carbocycles. The summed E-state index contributed by atoms with van der Waals surface area (Å²) in [6.07, 6.45) is 1.87. The maximum Gasteiger partial charge on any atom is 0.287 e. The first kappa shape index (κ1) is 10.6. The summed E-state index contributed by atoms with van der Waals surface area (Å²) in [5, 5.41) is 0.664. The number of carbonyl (C=O) groups excluding carboxylic acids is 1. The van der Waals surface area contributed by atoms with Crippen molar-refractivity contribution in [3.8, 4) is 0 Å². The molecule has 0 unspecified atom stereocenters. The Morgan fingerprint density at radius 3 is 2.43 bits per heavy atom. The van der Waals surface area contributed by atoms with Crippen molar-refractivity contribution in [2.75, 3.05) is 0 Å². The van der Waals surface area contributed by atoms with Gasteiger partial charge in [-0.05, 0) is 17.7 Å². The van der Waals surface area contributed by atoms with Crippen molar-refractivity contribution in [1.29, 1.82) is 0 Å². The van der Waals surface area contributed by atoms with E-state index in [-0.39, 0.29) is 0 Å². The normalized spacial score (nSPS) is 11.8. The van der Waals surface area contributed by atoms with E-state index in [0.29, 0.717) is 22.8 Å². The molecule has 0 radical (unpaired) electrons. The molecule has 0 amide bonds. The Balaban J connectivity index is 2.98. The van der Waals surface area contributed by atoms with E-state index in [4.69, 9.17) is 4.55 Å². The first-order valence-electron chi connectivity index (χ1n) is 3.72. The lowest BCUT2D eigenvalue weighted by atomic mass is 10.1. The third-order valence-electron chi connectivity index (χ3n) is 1.48. The van der Waals surface area contributed by atoms with Gasteiger partial charge in [0.2, 0.25) is 0 Å². The summed E-state index contributed by atoms with van der Waals surface area (Å²) >= 11 is 0. The van der Waals surface area contributed by atoms with E-state index in [0.717, 1.165) is 0 Å². The zero-order valence-corrected chi connectivity index (χ0v) is 7.94. The first-order chi connectivity index (χ1) is 6.51. The van der Waals surface area contributed by atoms with Crippen LogP contribution in [0.25, 0.3) is 6.08 Å². The third-order valence-corrected chi connectivity index (χ3v) is 1.96. The van der Waals surface area contributed by atoms with Gasteiger partial charge >= 0.3 is 0 Å². The molecule has 5 heteroatoms. The summed E-state index contributed by atoms with van der Waals surface area (Å²) in [7, 11) is -4.11. The molecule has 0 spiro atoms. The molecule has 1 rings (SSSR count). The highest BCUT2D eigenvalue weighted by Crippen LogP contribution is 2.06. The summed E-state index contributed by atoms with van der Waals surface area (Å²) < 4.78 is 29.1. The Bertz CT molecular complexity index is 459. The van der Waals surface area contributed by atoms with Crippen LogP contribution in [0.1, 0.15) is 15.9 Å². The highest BCUT2D eigenvalue weighted by molar-refractivity contribution is 7.88. The Morgan fingerprint density at radius 2 is 1.86 bits per heavy atom. The number of aldehydes is 1. The van der Waals surface area contributed by atoms with Gasteiger partial charge in [0.05, 0.1) is 5.41 Å². The Labute approximate surface area is 81.6 Å². The van der Waals surface area contributed by atoms with Gasteiger partial charge in [-0.2, -0.15) is 8.42 Å². The average molecular weight is 212 g/mol. The molecule has 1 N–H and O–H groups in total. The van der Waals surface area contributed by atoms with Crippen LogP contribution in [-0.2, 0) is 10.1 Å². The van der Waals surface area contributed by atoms with Crippen molar-refractivity contribution < 1.29 is 17.8 Å². The maximum atomic E-state index is 10.4. The number of hydrogen-bond donors (Lipinski definition) is 1. The average Bonchev–Trinajstić information content (AvgIpc) is 2.14. The van der Waals surface area contributed by atoms with Crippen molar-refractivity contribution in [2.24, 2.45) is 0 Å². The lowest BCUT2D eigenvalue weighted by molar-refractivity contribution is 0.112. The van der Waals surface area contributed by atoms with Crippen LogP contribution in [0.4, 0.5) is 0 Å². The summed E-state index contributed by atoms with van der Waals surface area (Å²) in [5.41, 5.74) is 0.981. The molecule has 0 fully saturated rings. The second kappa shape index (κ2) is 4.17. The minimum atomic E-state index is -4.11. The van der Waals surface area contributed by atoms with E-state index in [1.165, 1.54) is 12.1 Å². The summed E-state index contributed by atoms with van der Waals surface area (Å²) in [6, 6.07) is 6.34. The van der Waals surface area contributed by atoms with Crippen LogP contribution in [0.2, 0.25) is 0 Å². The van der Waals surface area contributed by atoms with E-state index in [1.807, 2.05) is 0 Å². The van der Waals surface area contributed by atoms with Gasteiger partial charge < -0.3 is 0 Å². The number of hydrogen-bond acceptors (Lipinski definition) is 3. The fourth-order valence-corrected chi connectivity index (χ4v) is 1.23. The molecule has 0 aliphatic carbocycles. The topological polar surface area (TPSA) is 71.4 Å². The quantitative estimate of drug-likeness (QED) is 0.606. The Morgan fingerprint density at radius 1 is 1.21 bits per heavy atom. The molecule has 0 bridgehead atoms. The molecule has 0 saturated heterocycles. The van der Waals surface area contributed by atoms with Crippen molar-refractivity contribution in [3.63, 3.8) is 0 Å². The van der Waals surface area contributed by atoms with Crippen LogP contribution in [0.15, 0.2) is 29.7 Å². The molecule has 14 heavy (non-hydrogen) atoms. The molecule has 74 valence electrons. The van der Waals surface area contributed by atoms with Crippen LogP contribution in [0.5, 0.6) is 0 Å². The molecule has 0 atom stereocenters. The monoisotopic (exact) mass is 212 g/mol. The zero-order chi connectivity index (χ0) is 10.6. The Hall–Kier alpha value is -1.46. The van der Waals surface area contributed by atoms with E-state index >= 15 is 0 Å². The molecular weight excluding hydrogens is 204 g/mol. The summed E-state index contributed by atoms with van der Waals surface area (Å²) in [5.74, 6) is 0. The van der Waals surface area contributed by atoms with Crippen molar-refractivity contribution in [2.45, 2.75) is 0 Å². The second-order valence-corrected chi connectivity index (χ2v) is 3.91. The van der Waals surface area contributed by atoms with Crippen molar-refractivity contribution in [1.82, 2.24) is 0 Å². The molecular formula is C9H8O4S. The molecule has 0 heterocycles. The highest BCUT2D eigenvalue weighted by Gasteiger charge is 1.96. The zero-order valence-electron chi connectivity index (χ0n) is 7.12. The van der Waals surface area contributed by atoms with E-state index < -0.39 is 10.1 Å². The van der Waals surface area contributed by atoms with Gasteiger partial charge in [0.1, 0.15) is 6.29 Å². The fourth-order valence-electron chi connectivity index (χ4n) is 0.901. The maximum absolute atomic E-state index is 10.4. The minimum Gasteiger partial charge on any atom is -0.298 e. The minimum absolute atomic E-state index is 0.447. The third kappa shape index (κ3) is 3.51.